The van der Waals surface area contributed by atoms with Gasteiger partial charge in [-0.3, -0.25) is 9.59 Å². The van der Waals surface area contributed by atoms with Gasteiger partial charge in [0, 0.05) is 16.4 Å². The van der Waals surface area contributed by atoms with E-state index < -0.39 is 6.04 Å². The first-order chi connectivity index (χ1) is 17.3. The van der Waals surface area contributed by atoms with Crippen molar-refractivity contribution in [2.75, 3.05) is 5.88 Å². The number of nitrogens with one attached hydrogen (secondary N) is 2. The molecule has 0 bridgehead atoms. The Morgan fingerprint density at radius 3 is 1.97 bits per heavy atom. The van der Waals surface area contributed by atoms with Crippen molar-refractivity contribution < 1.29 is 18.4 Å². The van der Waals surface area contributed by atoms with Crippen molar-refractivity contribution in [2.24, 2.45) is 5.92 Å². The number of rotatable bonds is 7. The Kier molecular flexibility index (Phi) is 8.75. The van der Waals surface area contributed by atoms with Gasteiger partial charge < -0.3 is 10.6 Å². The molecule has 3 aromatic carbocycles. The normalized spacial score (nSPS) is 19.6. The fourth-order valence-corrected chi connectivity index (χ4v) is 5.22. The van der Waals surface area contributed by atoms with Gasteiger partial charge in [-0.15, -0.1) is 11.6 Å². The minimum absolute atomic E-state index is 0.0843. The number of benzene rings is 3. The van der Waals surface area contributed by atoms with E-state index in [0.29, 0.717) is 30.4 Å². The van der Waals surface area contributed by atoms with E-state index in [1.165, 1.54) is 24.3 Å². The first-order valence-electron chi connectivity index (χ1n) is 11.8. The lowest BCUT2D eigenvalue weighted by molar-refractivity contribution is -0.127. The minimum atomic E-state index is -0.571. The molecule has 0 aliphatic heterocycles. The predicted molar refractivity (Wildman–Crippen MR) is 140 cm³/mol. The van der Waals surface area contributed by atoms with Gasteiger partial charge in [0.05, 0.1) is 6.04 Å². The van der Waals surface area contributed by atoms with Crippen molar-refractivity contribution in [3.8, 4) is 0 Å². The van der Waals surface area contributed by atoms with Crippen LogP contribution < -0.4 is 10.6 Å². The Morgan fingerprint density at radius 1 is 0.889 bits per heavy atom. The third-order valence-corrected chi connectivity index (χ3v) is 7.44. The van der Waals surface area contributed by atoms with Crippen LogP contribution in [0, 0.1) is 17.6 Å². The SMILES string of the molecule is O=C(CCl)N[C@@H]1CC[C@@H](C(=O)NC(c2ccc(F)cc2)c2ccc(F)cc2)[C@H](c2ccc(Br)cc2)C1. The molecule has 1 aliphatic carbocycles. The Hall–Kier alpha value is -2.77. The molecule has 8 heteroatoms. The topological polar surface area (TPSA) is 58.2 Å². The zero-order valence-electron chi connectivity index (χ0n) is 19.4. The predicted octanol–water partition coefficient (Wildman–Crippen LogP) is 6.24. The largest absolute Gasteiger partial charge is 0.352 e. The molecule has 0 aromatic heterocycles. The van der Waals surface area contributed by atoms with Gasteiger partial charge in [0.2, 0.25) is 11.8 Å². The van der Waals surface area contributed by atoms with E-state index in [9.17, 15) is 18.4 Å². The molecular weight excluding hydrogens is 550 g/mol. The van der Waals surface area contributed by atoms with Gasteiger partial charge in [0.1, 0.15) is 17.5 Å². The highest BCUT2D eigenvalue weighted by Gasteiger charge is 2.37. The number of hydrogen-bond acceptors (Lipinski definition) is 2. The van der Waals surface area contributed by atoms with Crippen LogP contribution in [-0.2, 0) is 9.59 Å². The van der Waals surface area contributed by atoms with Gasteiger partial charge in [-0.05, 0) is 78.3 Å². The molecule has 4 rings (SSSR count). The van der Waals surface area contributed by atoms with Crippen molar-refractivity contribution in [2.45, 2.75) is 37.3 Å². The van der Waals surface area contributed by atoms with Crippen LogP contribution in [0.1, 0.15) is 47.9 Å². The summed E-state index contributed by atoms with van der Waals surface area (Å²) in [5.74, 6) is -1.73. The molecular formula is C28H26BrClF2N2O2. The molecule has 0 saturated heterocycles. The van der Waals surface area contributed by atoms with Gasteiger partial charge in [-0.25, -0.2) is 8.78 Å². The second-order valence-corrected chi connectivity index (χ2v) is 10.2. The number of hydrogen-bond donors (Lipinski definition) is 2. The fraction of sp³-hybridized carbons (Fsp3) is 0.286. The van der Waals surface area contributed by atoms with Crippen LogP contribution in [0.4, 0.5) is 8.78 Å². The molecule has 1 saturated carbocycles. The van der Waals surface area contributed by atoms with Crippen LogP contribution in [0.25, 0.3) is 0 Å². The Bertz CT molecular complexity index is 1140. The second-order valence-electron chi connectivity index (χ2n) is 9.02. The molecule has 3 aromatic rings. The molecule has 1 aliphatic rings. The summed E-state index contributed by atoms with van der Waals surface area (Å²) < 4.78 is 28.1. The summed E-state index contributed by atoms with van der Waals surface area (Å²) in [5, 5.41) is 6.09. The third kappa shape index (κ3) is 6.51. The van der Waals surface area contributed by atoms with Crippen LogP contribution in [0.15, 0.2) is 77.3 Å². The summed E-state index contributed by atoms with van der Waals surface area (Å²) >= 11 is 9.14. The number of carbonyl (C=O) groups is 2. The summed E-state index contributed by atoms with van der Waals surface area (Å²) in [7, 11) is 0. The number of alkyl halides is 1. The average molecular weight is 576 g/mol. The number of amides is 2. The molecule has 0 unspecified atom stereocenters. The first-order valence-corrected chi connectivity index (χ1v) is 13.1. The maximum absolute atomic E-state index is 13.7. The molecule has 3 atom stereocenters. The van der Waals surface area contributed by atoms with Crippen molar-refractivity contribution >= 4 is 39.3 Å². The summed E-state index contributed by atoms with van der Waals surface area (Å²) in [4.78, 5) is 25.7. The van der Waals surface area contributed by atoms with Crippen LogP contribution in [0.3, 0.4) is 0 Å². The lowest BCUT2D eigenvalue weighted by atomic mass is 9.73. The summed E-state index contributed by atoms with van der Waals surface area (Å²) in [5.41, 5.74) is 2.39. The molecule has 188 valence electrons. The van der Waals surface area contributed by atoms with Crippen LogP contribution in [0.2, 0.25) is 0 Å². The molecule has 0 spiro atoms. The minimum Gasteiger partial charge on any atom is -0.352 e. The van der Waals surface area contributed by atoms with E-state index in [0.717, 1.165) is 10.0 Å². The van der Waals surface area contributed by atoms with Crippen molar-refractivity contribution in [3.63, 3.8) is 0 Å². The zero-order chi connectivity index (χ0) is 25.7. The molecule has 36 heavy (non-hydrogen) atoms. The van der Waals surface area contributed by atoms with E-state index in [1.807, 2.05) is 24.3 Å². The maximum atomic E-state index is 13.7. The molecule has 1 fully saturated rings. The van der Waals surface area contributed by atoms with Gasteiger partial charge in [-0.1, -0.05) is 52.3 Å². The van der Waals surface area contributed by atoms with Crippen LogP contribution in [0.5, 0.6) is 0 Å². The first kappa shape index (κ1) is 26.3. The standard InChI is InChI=1S/C28H26BrClF2N2O2/c29-20-7-1-17(2-8-20)25-15-23(33-26(35)16-30)13-14-24(25)28(36)34-27(18-3-9-21(31)10-4-18)19-5-11-22(32)12-6-19/h1-12,23-25,27H,13-16H2,(H,33,35)(H,34,36)/t23-,24-,25+/m1/s1. The average Bonchev–Trinajstić information content (AvgIpc) is 2.88. The molecule has 4 nitrogen and oxygen atoms in total. The quantitative estimate of drug-likeness (QED) is 0.328. The summed E-state index contributed by atoms with van der Waals surface area (Å²) in [6, 6.07) is 19.0. The van der Waals surface area contributed by atoms with Crippen molar-refractivity contribution in [3.05, 3.63) is 106 Å². The van der Waals surface area contributed by atoms with E-state index in [-0.39, 0.29) is 47.2 Å². The molecule has 0 heterocycles. The van der Waals surface area contributed by atoms with Crippen molar-refractivity contribution in [1.29, 1.82) is 0 Å². The number of carbonyl (C=O) groups excluding carboxylic acids is 2. The highest BCUT2D eigenvalue weighted by atomic mass is 79.9. The maximum Gasteiger partial charge on any atom is 0.235 e. The molecule has 0 radical (unpaired) electrons. The zero-order valence-corrected chi connectivity index (χ0v) is 21.7. The van der Waals surface area contributed by atoms with E-state index in [1.54, 1.807) is 24.3 Å². The Labute approximate surface area is 222 Å². The van der Waals surface area contributed by atoms with Gasteiger partial charge in [-0.2, -0.15) is 0 Å². The van der Waals surface area contributed by atoms with Gasteiger partial charge in [0.25, 0.3) is 0 Å². The Morgan fingerprint density at radius 2 is 1.44 bits per heavy atom. The van der Waals surface area contributed by atoms with Gasteiger partial charge >= 0.3 is 0 Å². The van der Waals surface area contributed by atoms with Gasteiger partial charge in [0.15, 0.2) is 0 Å². The lowest BCUT2D eigenvalue weighted by Crippen LogP contribution is -2.45. The van der Waals surface area contributed by atoms with Crippen molar-refractivity contribution in [1.82, 2.24) is 10.6 Å². The van der Waals surface area contributed by atoms with E-state index in [4.69, 9.17) is 11.6 Å². The smallest absolute Gasteiger partial charge is 0.235 e. The summed E-state index contributed by atoms with van der Waals surface area (Å²) in [6.07, 6.45) is 1.81. The highest BCUT2D eigenvalue weighted by molar-refractivity contribution is 9.10. The summed E-state index contributed by atoms with van der Waals surface area (Å²) in [6.45, 7) is 0. The monoisotopic (exact) mass is 574 g/mol. The molecule has 2 amide bonds. The lowest BCUT2D eigenvalue weighted by Gasteiger charge is -2.37. The third-order valence-electron chi connectivity index (χ3n) is 6.66. The second kappa shape index (κ2) is 12.0. The fourth-order valence-electron chi connectivity index (χ4n) is 4.88. The molecule has 2 N–H and O–H groups in total. The van der Waals surface area contributed by atoms with E-state index in [2.05, 4.69) is 26.6 Å². The van der Waals surface area contributed by atoms with E-state index >= 15 is 0 Å². The highest BCUT2D eigenvalue weighted by Crippen LogP contribution is 2.39. The Balaban J connectivity index is 1.61. The van der Waals surface area contributed by atoms with Crippen LogP contribution >= 0.6 is 27.5 Å². The van der Waals surface area contributed by atoms with Crippen LogP contribution in [-0.4, -0.2) is 23.7 Å². The number of halogens is 4.